The Kier molecular flexibility index (Phi) is 3.43. The summed E-state index contributed by atoms with van der Waals surface area (Å²) in [6, 6.07) is 4.71. The van der Waals surface area contributed by atoms with Crippen LogP contribution in [0.15, 0.2) is 24.4 Å². The highest BCUT2D eigenvalue weighted by Crippen LogP contribution is 2.37. The molecule has 0 N–H and O–H groups in total. The molecular weight excluding hydrogens is 302 g/mol. The van der Waals surface area contributed by atoms with Gasteiger partial charge in [-0.05, 0) is 18.2 Å². The van der Waals surface area contributed by atoms with Gasteiger partial charge in [-0.25, -0.2) is 4.68 Å². The van der Waals surface area contributed by atoms with Gasteiger partial charge in [0.25, 0.3) is 0 Å². The molecule has 8 heteroatoms. The van der Waals surface area contributed by atoms with E-state index in [-0.39, 0.29) is 21.4 Å². The van der Waals surface area contributed by atoms with Gasteiger partial charge in [0.2, 0.25) is 0 Å². The second kappa shape index (κ2) is 4.76. The predicted octanol–water partition coefficient (Wildman–Crippen LogP) is 4.07. The molecule has 0 aliphatic rings. The van der Waals surface area contributed by atoms with Gasteiger partial charge >= 0.3 is 6.18 Å². The third kappa shape index (κ3) is 2.67. The molecule has 0 spiro atoms. The molecule has 0 atom stereocenters. The molecule has 2 aromatic rings. The van der Waals surface area contributed by atoms with E-state index in [0.717, 1.165) is 16.8 Å². The smallest absolute Gasteiger partial charge is 0.237 e. The summed E-state index contributed by atoms with van der Waals surface area (Å²) < 4.78 is 38.8. The normalized spacial score (nSPS) is 11.4. The lowest BCUT2D eigenvalue weighted by molar-refractivity contribution is -0.137. The van der Waals surface area contributed by atoms with Crippen LogP contribution in [0, 0.1) is 11.3 Å². The maximum Gasteiger partial charge on any atom is 0.416 e. The average molecular weight is 306 g/mol. The van der Waals surface area contributed by atoms with Crippen molar-refractivity contribution in [3.63, 3.8) is 0 Å². The van der Waals surface area contributed by atoms with Crippen LogP contribution in [0.2, 0.25) is 10.0 Å². The first-order chi connectivity index (χ1) is 8.82. The van der Waals surface area contributed by atoms with E-state index in [1.165, 1.54) is 12.3 Å². The van der Waals surface area contributed by atoms with Crippen molar-refractivity contribution >= 4 is 23.2 Å². The lowest BCUT2D eigenvalue weighted by Crippen LogP contribution is -2.07. The van der Waals surface area contributed by atoms with E-state index >= 15 is 0 Å². The maximum atomic E-state index is 12.6. The summed E-state index contributed by atoms with van der Waals surface area (Å²) >= 11 is 11.6. The second-order valence-electron chi connectivity index (χ2n) is 3.54. The molecular formula is C11H4Cl2F3N3. The molecule has 2 rings (SSSR count). The van der Waals surface area contributed by atoms with Crippen LogP contribution >= 0.6 is 23.2 Å². The number of hydrogen-bond donors (Lipinski definition) is 0. The summed E-state index contributed by atoms with van der Waals surface area (Å²) in [7, 11) is 0. The van der Waals surface area contributed by atoms with Crippen molar-refractivity contribution in [1.82, 2.24) is 9.78 Å². The second-order valence-corrected chi connectivity index (χ2v) is 4.36. The monoisotopic (exact) mass is 305 g/mol. The molecule has 1 heterocycles. The highest BCUT2D eigenvalue weighted by molar-refractivity contribution is 6.37. The van der Waals surface area contributed by atoms with Crippen LogP contribution in [0.1, 0.15) is 11.3 Å². The molecule has 0 amide bonds. The van der Waals surface area contributed by atoms with Crippen molar-refractivity contribution in [2.24, 2.45) is 0 Å². The van der Waals surface area contributed by atoms with Crippen molar-refractivity contribution in [2.45, 2.75) is 6.18 Å². The number of alkyl halides is 3. The van der Waals surface area contributed by atoms with E-state index in [1.807, 2.05) is 0 Å². The van der Waals surface area contributed by atoms with Gasteiger partial charge in [-0.2, -0.15) is 23.5 Å². The third-order valence-corrected chi connectivity index (χ3v) is 2.85. The van der Waals surface area contributed by atoms with E-state index in [2.05, 4.69) is 5.10 Å². The molecule has 0 saturated heterocycles. The van der Waals surface area contributed by atoms with Gasteiger partial charge < -0.3 is 0 Å². The quantitative estimate of drug-likeness (QED) is 0.797. The van der Waals surface area contributed by atoms with Crippen LogP contribution in [-0.4, -0.2) is 9.78 Å². The lowest BCUT2D eigenvalue weighted by atomic mass is 10.2. The minimum atomic E-state index is -4.53. The van der Waals surface area contributed by atoms with Gasteiger partial charge in [0.15, 0.2) is 5.69 Å². The predicted molar refractivity (Wildman–Crippen MR) is 63.3 cm³/mol. The minimum Gasteiger partial charge on any atom is -0.237 e. The molecule has 0 unspecified atom stereocenters. The first-order valence-electron chi connectivity index (χ1n) is 4.85. The van der Waals surface area contributed by atoms with Crippen molar-refractivity contribution in [2.75, 3.05) is 0 Å². The molecule has 19 heavy (non-hydrogen) atoms. The molecule has 0 saturated carbocycles. The molecule has 0 bridgehead atoms. The molecule has 0 radical (unpaired) electrons. The van der Waals surface area contributed by atoms with Crippen LogP contribution in [0.25, 0.3) is 5.69 Å². The van der Waals surface area contributed by atoms with E-state index in [9.17, 15) is 13.2 Å². The van der Waals surface area contributed by atoms with Crippen LogP contribution in [-0.2, 0) is 6.18 Å². The number of halogens is 5. The largest absolute Gasteiger partial charge is 0.416 e. The summed E-state index contributed by atoms with van der Waals surface area (Å²) in [5.74, 6) is 0. The van der Waals surface area contributed by atoms with Gasteiger partial charge in [-0.15, -0.1) is 0 Å². The summed E-state index contributed by atoms with van der Waals surface area (Å²) in [6.07, 6.45) is -3.15. The summed E-state index contributed by atoms with van der Waals surface area (Å²) in [6.45, 7) is 0. The van der Waals surface area contributed by atoms with Gasteiger partial charge in [-0.3, -0.25) is 0 Å². The zero-order valence-corrected chi connectivity index (χ0v) is 10.6. The summed E-state index contributed by atoms with van der Waals surface area (Å²) in [5, 5.41) is 12.1. The first kappa shape index (κ1) is 13.7. The molecule has 0 fully saturated rings. The van der Waals surface area contributed by atoms with E-state index in [4.69, 9.17) is 28.5 Å². The molecule has 98 valence electrons. The van der Waals surface area contributed by atoms with E-state index < -0.39 is 11.7 Å². The van der Waals surface area contributed by atoms with Crippen LogP contribution in [0.3, 0.4) is 0 Å². The number of benzene rings is 1. The van der Waals surface area contributed by atoms with Gasteiger partial charge in [0, 0.05) is 6.20 Å². The Morgan fingerprint density at radius 1 is 1.21 bits per heavy atom. The standard InChI is InChI=1S/C11H4Cl2F3N3/c12-8-3-6(11(14,15)16)4-9(13)10(8)19-2-1-7(5-17)18-19/h1-4H. The molecule has 1 aromatic heterocycles. The van der Waals surface area contributed by atoms with E-state index in [0.29, 0.717) is 0 Å². The molecule has 3 nitrogen and oxygen atoms in total. The van der Waals surface area contributed by atoms with Crippen LogP contribution < -0.4 is 0 Å². The number of hydrogen-bond acceptors (Lipinski definition) is 2. The van der Waals surface area contributed by atoms with E-state index in [1.54, 1.807) is 6.07 Å². The molecule has 0 aliphatic heterocycles. The fraction of sp³-hybridized carbons (Fsp3) is 0.0909. The van der Waals surface area contributed by atoms with Crippen LogP contribution in [0.4, 0.5) is 13.2 Å². The maximum absolute atomic E-state index is 12.6. The van der Waals surface area contributed by atoms with Crippen molar-refractivity contribution in [3.05, 3.63) is 45.7 Å². The topological polar surface area (TPSA) is 41.6 Å². The minimum absolute atomic E-state index is 0.0952. The average Bonchev–Trinajstić information content (AvgIpc) is 2.75. The number of rotatable bonds is 1. The Balaban J connectivity index is 2.57. The molecule has 1 aromatic carbocycles. The molecule has 0 aliphatic carbocycles. The first-order valence-corrected chi connectivity index (χ1v) is 5.61. The highest BCUT2D eigenvalue weighted by Gasteiger charge is 2.32. The van der Waals surface area contributed by atoms with Crippen molar-refractivity contribution in [3.8, 4) is 11.8 Å². The Morgan fingerprint density at radius 2 is 1.79 bits per heavy atom. The fourth-order valence-electron chi connectivity index (χ4n) is 1.46. The lowest BCUT2D eigenvalue weighted by Gasteiger charge is -2.12. The van der Waals surface area contributed by atoms with Crippen molar-refractivity contribution < 1.29 is 13.2 Å². The Morgan fingerprint density at radius 3 is 2.21 bits per heavy atom. The number of aromatic nitrogens is 2. The zero-order valence-electron chi connectivity index (χ0n) is 9.04. The zero-order chi connectivity index (χ0) is 14.2. The number of nitrogens with zero attached hydrogens (tertiary/aromatic N) is 3. The summed E-state index contributed by atoms with van der Waals surface area (Å²) in [5.41, 5.74) is -0.747. The van der Waals surface area contributed by atoms with Gasteiger partial charge in [-0.1, -0.05) is 23.2 Å². The highest BCUT2D eigenvalue weighted by atomic mass is 35.5. The Hall–Kier alpha value is -1.71. The number of nitriles is 1. The third-order valence-electron chi connectivity index (χ3n) is 2.28. The Labute approximate surface area is 115 Å². The van der Waals surface area contributed by atoms with Crippen LogP contribution in [0.5, 0.6) is 0 Å². The summed E-state index contributed by atoms with van der Waals surface area (Å²) in [4.78, 5) is 0. The Bertz CT molecular complexity index is 648. The van der Waals surface area contributed by atoms with Gasteiger partial charge in [0.05, 0.1) is 15.6 Å². The van der Waals surface area contributed by atoms with Crippen molar-refractivity contribution in [1.29, 1.82) is 5.26 Å². The fourth-order valence-corrected chi connectivity index (χ4v) is 2.12. The SMILES string of the molecule is N#Cc1ccn(-c2c(Cl)cc(C(F)(F)F)cc2Cl)n1. The van der Waals surface area contributed by atoms with Gasteiger partial charge in [0.1, 0.15) is 11.8 Å².